The van der Waals surface area contributed by atoms with Crippen molar-refractivity contribution in [2.45, 2.75) is 50.4 Å². The van der Waals surface area contributed by atoms with Gasteiger partial charge in [0.05, 0.1) is 24.3 Å². The number of benzene rings is 4. The lowest BCUT2D eigenvalue weighted by Crippen LogP contribution is -2.52. The number of piperidine rings is 3. The molecule has 1 aliphatic carbocycles. The molecule has 0 radical (unpaired) electrons. The number of rotatable bonds is 16. The number of aromatic hydroxyl groups is 1. The molecule has 9 rings (SSSR count). The number of phenolic OH excluding ortho intramolecular Hbond substituents is 1. The lowest BCUT2D eigenvalue weighted by molar-refractivity contribution is -0.133. The van der Waals surface area contributed by atoms with Crippen LogP contribution in [0, 0.1) is 11.3 Å². The summed E-state index contributed by atoms with van der Waals surface area (Å²) in [7, 11) is 0. The first kappa shape index (κ1) is 41.5. The number of nitrogens with zero attached hydrogens (tertiary/aromatic N) is 1. The number of pyridine rings is 1. The first-order valence-electron chi connectivity index (χ1n) is 21.0. The molecule has 61 heavy (non-hydrogen) atoms. The smallest absolute Gasteiger partial charge is 0.408 e. The number of aliphatic carboxylic acids is 1. The predicted molar refractivity (Wildman–Crippen MR) is 233 cm³/mol. The molecule has 3 saturated heterocycles. The molecule has 316 valence electrons. The molecule has 12 nitrogen and oxygen atoms in total. The maximum atomic E-state index is 13.4. The van der Waals surface area contributed by atoms with Crippen molar-refractivity contribution in [1.29, 1.82) is 0 Å². The maximum absolute atomic E-state index is 13.4. The van der Waals surface area contributed by atoms with Crippen molar-refractivity contribution in [3.63, 3.8) is 0 Å². The van der Waals surface area contributed by atoms with Crippen LogP contribution in [0.15, 0.2) is 132 Å². The van der Waals surface area contributed by atoms with Gasteiger partial charge in [-0.1, -0.05) is 91.0 Å². The van der Waals surface area contributed by atoms with Gasteiger partial charge in [0.25, 0.3) is 0 Å². The van der Waals surface area contributed by atoms with E-state index >= 15 is 0 Å². The second-order valence-corrected chi connectivity index (χ2v) is 16.5. The molecule has 12 heteroatoms. The molecule has 0 spiro atoms. The lowest BCUT2D eigenvalue weighted by Gasteiger charge is -2.43. The van der Waals surface area contributed by atoms with E-state index < -0.39 is 29.6 Å². The van der Waals surface area contributed by atoms with Gasteiger partial charge in [-0.3, -0.25) is 9.69 Å². The summed E-state index contributed by atoms with van der Waals surface area (Å²) in [5, 5.41) is 38.5. The van der Waals surface area contributed by atoms with E-state index in [-0.39, 0.29) is 42.5 Å². The van der Waals surface area contributed by atoms with Crippen LogP contribution in [0.3, 0.4) is 0 Å². The highest BCUT2D eigenvalue weighted by molar-refractivity contribution is 5.88. The number of carbonyl (C=O) groups is 2. The summed E-state index contributed by atoms with van der Waals surface area (Å²) >= 11 is 0. The number of alkyl carbamates (subject to hydrolysis) is 1. The van der Waals surface area contributed by atoms with Crippen LogP contribution in [0.25, 0.3) is 10.9 Å². The zero-order chi connectivity index (χ0) is 42.3. The van der Waals surface area contributed by atoms with Gasteiger partial charge in [-0.2, -0.15) is 0 Å². The van der Waals surface area contributed by atoms with Crippen molar-refractivity contribution in [2.24, 2.45) is 11.3 Å². The highest BCUT2D eigenvalue weighted by Crippen LogP contribution is 2.38. The number of carbonyl (C=O) groups excluding carboxylic acids is 1. The van der Waals surface area contributed by atoms with Crippen LogP contribution in [0.4, 0.5) is 4.79 Å². The number of allylic oxidation sites excluding steroid dienone is 2. The Balaban J connectivity index is 0.954. The van der Waals surface area contributed by atoms with Crippen molar-refractivity contribution in [1.82, 2.24) is 20.5 Å². The van der Waals surface area contributed by atoms with E-state index in [1.165, 1.54) is 12.1 Å². The van der Waals surface area contributed by atoms with Crippen molar-refractivity contribution < 1.29 is 34.4 Å². The Hall–Kier alpha value is -6.21. The highest BCUT2D eigenvalue weighted by Gasteiger charge is 2.37. The van der Waals surface area contributed by atoms with Gasteiger partial charge < -0.3 is 40.4 Å². The van der Waals surface area contributed by atoms with Crippen LogP contribution >= 0.6 is 0 Å². The Labute approximate surface area is 354 Å². The maximum Gasteiger partial charge on any atom is 0.408 e. The molecule has 4 aromatic carbocycles. The average Bonchev–Trinajstić information content (AvgIpc) is 3.28. The van der Waals surface area contributed by atoms with Crippen LogP contribution in [0.2, 0.25) is 0 Å². The van der Waals surface area contributed by atoms with E-state index in [0.29, 0.717) is 47.6 Å². The Morgan fingerprint density at radius 1 is 0.918 bits per heavy atom. The molecule has 2 bridgehead atoms. The van der Waals surface area contributed by atoms with E-state index in [1.807, 2.05) is 72.8 Å². The molecule has 4 atom stereocenters. The van der Waals surface area contributed by atoms with Gasteiger partial charge in [0.15, 0.2) is 0 Å². The molecule has 1 amide bonds. The normalized spacial score (nSPS) is 21.7. The van der Waals surface area contributed by atoms with Gasteiger partial charge >= 0.3 is 12.1 Å². The number of carboxylic acid groups (broad SMARTS) is 1. The first-order chi connectivity index (χ1) is 29.6. The third kappa shape index (κ3) is 9.89. The number of phenols is 1. The summed E-state index contributed by atoms with van der Waals surface area (Å²) in [4.78, 5) is 42.6. The number of amides is 1. The zero-order valence-electron chi connectivity index (χ0n) is 34.0. The molecule has 1 unspecified atom stereocenters. The Bertz CT molecular complexity index is 2480. The summed E-state index contributed by atoms with van der Waals surface area (Å²) in [6.07, 6.45) is 7.54. The second-order valence-electron chi connectivity index (χ2n) is 16.5. The van der Waals surface area contributed by atoms with Crippen molar-refractivity contribution >= 4 is 23.0 Å². The number of hydrogen-bond donors (Lipinski definition) is 6. The molecular formula is C49H52N4O8. The molecule has 5 aromatic rings. The first-order valence-corrected chi connectivity index (χ1v) is 21.0. The quantitative estimate of drug-likeness (QED) is 0.0597. The van der Waals surface area contributed by atoms with Gasteiger partial charge in [-0.25, -0.2) is 9.59 Å². The van der Waals surface area contributed by atoms with Crippen LogP contribution < -0.4 is 20.9 Å². The Kier molecular flexibility index (Phi) is 12.7. The number of aromatic nitrogens is 1. The van der Waals surface area contributed by atoms with E-state index in [2.05, 4.69) is 32.7 Å². The van der Waals surface area contributed by atoms with Gasteiger partial charge in [-0.15, -0.1) is 0 Å². The number of hydrogen-bond acceptors (Lipinski definition) is 9. The largest absolute Gasteiger partial charge is 0.506 e. The fraction of sp³-hybridized carbons (Fsp3) is 0.327. The number of aliphatic hydroxyl groups excluding tert-OH is 1. The van der Waals surface area contributed by atoms with Crippen molar-refractivity contribution in [3.05, 3.63) is 165 Å². The summed E-state index contributed by atoms with van der Waals surface area (Å²) < 4.78 is 12.6. The Morgan fingerprint density at radius 3 is 2.46 bits per heavy atom. The van der Waals surface area contributed by atoms with Gasteiger partial charge in [0, 0.05) is 35.5 Å². The number of aromatic amines is 1. The highest BCUT2D eigenvalue weighted by atomic mass is 16.6. The molecule has 4 heterocycles. The van der Waals surface area contributed by atoms with Crippen molar-refractivity contribution in [3.8, 4) is 11.5 Å². The van der Waals surface area contributed by atoms with Crippen LogP contribution in [0.5, 0.6) is 11.5 Å². The third-order valence-corrected chi connectivity index (χ3v) is 12.4. The monoisotopic (exact) mass is 824 g/mol. The standard InChI is InChI=1S/C49H52N4O8/c54-41-17-15-39(40-16-18-44(56)51-46(40)41)42(55)29-50-23-19-32-8-4-5-11-36(32)27-49(22-7-13-37(28-49)47(57)58)31-60-38-14-6-12-35(26-38)45(34-9-2-1-3-10-34)52-48(59)61-43-30-53-24-20-33(43)21-25-53/h1-18,22,26,33,42-43,45,50,54-55H,19-21,23-25,27-31H2,(H,51,56)(H,52,59)(H,57,58)/t42-,43-,45-,49?/m0/s1. The summed E-state index contributed by atoms with van der Waals surface area (Å²) in [6, 6.07) is 31.1. The fourth-order valence-corrected chi connectivity index (χ4v) is 9.11. The van der Waals surface area contributed by atoms with E-state index in [9.17, 15) is 29.7 Å². The van der Waals surface area contributed by atoms with Crippen LogP contribution in [0.1, 0.15) is 59.2 Å². The summed E-state index contributed by atoms with van der Waals surface area (Å²) in [6.45, 7) is 3.88. The fourth-order valence-electron chi connectivity index (χ4n) is 9.11. The minimum absolute atomic E-state index is 0.0638. The molecule has 4 aliphatic rings. The molecule has 3 aliphatic heterocycles. The minimum atomic E-state index is -0.971. The van der Waals surface area contributed by atoms with Crippen molar-refractivity contribution in [2.75, 3.05) is 39.3 Å². The molecular weight excluding hydrogens is 773 g/mol. The lowest BCUT2D eigenvalue weighted by atomic mass is 9.73. The SMILES string of the molecule is O=C(N[C@@H](c1ccccc1)c1cccc(OCC2(Cc3ccccc3CCNC[C@H](O)c3ccc(O)c4[nH]c(=O)ccc34)C=CC=C(C(=O)O)C2)c1)O[C@H]1CN2CCC1CC2. The summed E-state index contributed by atoms with van der Waals surface area (Å²) in [5.74, 6) is -0.0565. The average molecular weight is 825 g/mol. The summed E-state index contributed by atoms with van der Waals surface area (Å²) in [5.41, 5.74) is 4.01. The second kappa shape index (κ2) is 18.6. The number of carboxylic acids is 1. The molecule has 1 aromatic heterocycles. The molecule has 6 N–H and O–H groups in total. The van der Waals surface area contributed by atoms with Gasteiger partial charge in [-0.05, 0) is 110 Å². The topological polar surface area (TPSA) is 173 Å². The number of aliphatic hydroxyl groups is 1. The minimum Gasteiger partial charge on any atom is -0.506 e. The van der Waals surface area contributed by atoms with Gasteiger partial charge in [0.2, 0.25) is 5.56 Å². The predicted octanol–water partition coefficient (Wildman–Crippen LogP) is 6.59. The molecule has 0 saturated carbocycles. The van der Waals surface area contributed by atoms with E-state index in [0.717, 1.165) is 54.7 Å². The Morgan fingerprint density at radius 2 is 1.69 bits per heavy atom. The zero-order valence-corrected chi connectivity index (χ0v) is 34.0. The number of ether oxygens (including phenoxy) is 2. The van der Waals surface area contributed by atoms with E-state index in [4.69, 9.17) is 9.47 Å². The number of fused-ring (bicyclic) bond motifs is 4. The number of H-pyrrole nitrogens is 1. The molecule has 3 fully saturated rings. The van der Waals surface area contributed by atoms with Gasteiger partial charge in [0.1, 0.15) is 17.6 Å². The third-order valence-electron chi connectivity index (χ3n) is 12.4. The van der Waals surface area contributed by atoms with Crippen LogP contribution in [-0.4, -0.2) is 82.7 Å². The number of nitrogens with one attached hydrogen (secondary N) is 3. The van der Waals surface area contributed by atoms with Crippen LogP contribution in [-0.2, 0) is 22.4 Å². The van der Waals surface area contributed by atoms with E-state index in [1.54, 1.807) is 24.3 Å².